The normalized spacial score (nSPS) is 33.2. The van der Waals surface area contributed by atoms with E-state index in [9.17, 15) is 4.79 Å². The van der Waals surface area contributed by atoms with E-state index in [-0.39, 0.29) is 22.9 Å². The van der Waals surface area contributed by atoms with Gasteiger partial charge in [0.1, 0.15) is 0 Å². The molecule has 0 radical (unpaired) electrons. The van der Waals surface area contributed by atoms with Crippen LogP contribution in [-0.2, 0) is 0 Å². The molecule has 6 N–H and O–H groups in total. The van der Waals surface area contributed by atoms with Gasteiger partial charge in [0, 0.05) is 6.04 Å². The number of hydrogen-bond donors (Lipinski definition) is 4. The Morgan fingerprint density at radius 1 is 1.38 bits per heavy atom. The Hall–Kier alpha value is -0.810. The molecule has 1 fully saturated rings. The molecule has 0 aromatic carbocycles. The molecule has 1 aliphatic carbocycles. The van der Waals surface area contributed by atoms with Gasteiger partial charge in [0.25, 0.3) is 0 Å². The number of rotatable bonds is 2. The predicted octanol–water partition coefficient (Wildman–Crippen LogP) is 0.703. The maximum Gasteiger partial charge on any atom is 0.329 e. The van der Waals surface area contributed by atoms with Crippen LogP contribution in [-0.4, -0.2) is 18.6 Å². The third-order valence-electron chi connectivity index (χ3n) is 3.40. The van der Waals surface area contributed by atoms with Gasteiger partial charge in [-0.2, -0.15) is 0 Å². The lowest BCUT2D eigenvalue weighted by molar-refractivity contribution is 0.0804. The summed E-state index contributed by atoms with van der Waals surface area (Å²) < 4.78 is 0. The van der Waals surface area contributed by atoms with Crippen LogP contribution in [0.25, 0.3) is 0 Å². The molecule has 5 heteroatoms. The van der Waals surface area contributed by atoms with Crippen molar-refractivity contribution in [2.75, 3.05) is 6.54 Å². The summed E-state index contributed by atoms with van der Waals surface area (Å²) in [5, 5.41) is 2.88. The standard InChI is InChI=1S/C11H24N4O/c1-10(2)4-8(14-9(16)15-13)5-11(3,6-10)7-12/h8H,4-7,12-13H2,1-3H3,(H2,14,15,16). The van der Waals surface area contributed by atoms with Crippen LogP contribution in [0.3, 0.4) is 0 Å². The molecule has 2 atom stereocenters. The summed E-state index contributed by atoms with van der Waals surface area (Å²) >= 11 is 0. The first-order valence-electron chi connectivity index (χ1n) is 5.77. The highest BCUT2D eigenvalue weighted by molar-refractivity contribution is 5.73. The Balaban J connectivity index is 2.69. The molecule has 0 bridgehead atoms. The lowest BCUT2D eigenvalue weighted by Crippen LogP contribution is -2.52. The third kappa shape index (κ3) is 3.35. The Morgan fingerprint density at radius 3 is 2.50 bits per heavy atom. The van der Waals surface area contributed by atoms with E-state index in [0.29, 0.717) is 6.54 Å². The molecule has 0 spiro atoms. The maximum absolute atomic E-state index is 11.2. The van der Waals surface area contributed by atoms with Crippen LogP contribution in [0.4, 0.5) is 4.79 Å². The number of carbonyl (C=O) groups excluding carboxylic acids is 1. The first-order chi connectivity index (χ1) is 7.30. The largest absolute Gasteiger partial charge is 0.334 e. The lowest BCUT2D eigenvalue weighted by Gasteiger charge is -2.46. The summed E-state index contributed by atoms with van der Waals surface area (Å²) in [7, 11) is 0. The molecule has 94 valence electrons. The second-order valence-electron chi connectivity index (χ2n) is 6.08. The predicted molar refractivity (Wildman–Crippen MR) is 64.4 cm³/mol. The zero-order chi connectivity index (χ0) is 12.4. The Kier molecular flexibility index (Phi) is 3.80. The number of nitrogens with two attached hydrogens (primary N) is 2. The Bertz CT molecular complexity index is 267. The van der Waals surface area contributed by atoms with Gasteiger partial charge in [-0.1, -0.05) is 20.8 Å². The Morgan fingerprint density at radius 2 is 2.00 bits per heavy atom. The number of nitrogens with one attached hydrogen (secondary N) is 2. The van der Waals surface area contributed by atoms with Gasteiger partial charge in [0.15, 0.2) is 0 Å². The van der Waals surface area contributed by atoms with E-state index in [0.717, 1.165) is 19.3 Å². The van der Waals surface area contributed by atoms with Crippen LogP contribution in [0.5, 0.6) is 0 Å². The molecule has 0 aromatic rings. The molecule has 16 heavy (non-hydrogen) atoms. The first kappa shape index (κ1) is 13.3. The summed E-state index contributed by atoms with van der Waals surface area (Å²) in [5.41, 5.74) is 8.25. The number of amides is 2. The smallest absolute Gasteiger partial charge is 0.329 e. The lowest BCUT2D eigenvalue weighted by atomic mass is 9.63. The zero-order valence-corrected chi connectivity index (χ0v) is 10.5. The molecule has 2 amide bonds. The van der Waals surface area contributed by atoms with E-state index in [1.807, 2.05) is 0 Å². The summed E-state index contributed by atoms with van der Waals surface area (Å²) in [6.45, 7) is 7.27. The van der Waals surface area contributed by atoms with Crippen molar-refractivity contribution in [2.45, 2.75) is 46.1 Å². The fourth-order valence-corrected chi connectivity index (χ4v) is 3.12. The van der Waals surface area contributed by atoms with E-state index in [1.54, 1.807) is 0 Å². The fourth-order valence-electron chi connectivity index (χ4n) is 3.12. The van der Waals surface area contributed by atoms with Gasteiger partial charge in [0.2, 0.25) is 0 Å². The van der Waals surface area contributed by atoms with Gasteiger partial charge in [-0.3, -0.25) is 5.43 Å². The van der Waals surface area contributed by atoms with Crippen LogP contribution >= 0.6 is 0 Å². The van der Waals surface area contributed by atoms with Crippen LogP contribution < -0.4 is 22.3 Å². The van der Waals surface area contributed by atoms with Crippen LogP contribution in [0.15, 0.2) is 0 Å². The van der Waals surface area contributed by atoms with Gasteiger partial charge in [-0.25, -0.2) is 10.6 Å². The SMILES string of the molecule is CC1(C)CC(NC(=O)NN)CC(C)(CN)C1. The minimum atomic E-state index is -0.318. The van der Waals surface area contributed by atoms with Crippen molar-refractivity contribution in [3.63, 3.8) is 0 Å². The number of carbonyl (C=O) groups is 1. The molecular formula is C11H24N4O. The van der Waals surface area contributed by atoms with Crippen LogP contribution in [0.2, 0.25) is 0 Å². The second-order valence-corrected chi connectivity index (χ2v) is 6.08. The molecule has 1 rings (SSSR count). The van der Waals surface area contributed by atoms with Crippen molar-refractivity contribution < 1.29 is 4.79 Å². The van der Waals surface area contributed by atoms with Crippen LogP contribution in [0.1, 0.15) is 40.0 Å². The zero-order valence-electron chi connectivity index (χ0n) is 10.5. The highest BCUT2D eigenvalue weighted by Crippen LogP contribution is 2.45. The second kappa shape index (κ2) is 4.59. The van der Waals surface area contributed by atoms with Crippen molar-refractivity contribution in [1.82, 2.24) is 10.7 Å². The van der Waals surface area contributed by atoms with Gasteiger partial charge in [-0.05, 0) is 36.6 Å². The van der Waals surface area contributed by atoms with Crippen molar-refractivity contribution in [3.05, 3.63) is 0 Å². The van der Waals surface area contributed by atoms with E-state index < -0.39 is 0 Å². The quantitative estimate of drug-likeness (QED) is 0.318. The van der Waals surface area contributed by atoms with Crippen LogP contribution in [0, 0.1) is 10.8 Å². The number of hydrogen-bond acceptors (Lipinski definition) is 3. The molecular weight excluding hydrogens is 204 g/mol. The van der Waals surface area contributed by atoms with Crippen molar-refractivity contribution in [3.8, 4) is 0 Å². The van der Waals surface area contributed by atoms with E-state index in [2.05, 4.69) is 31.5 Å². The van der Waals surface area contributed by atoms with Gasteiger partial charge >= 0.3 is 6.03 Å². The maximum atomic E-state index is 11.2. The molecule has 0 heterocycles. The molecule has 0 aliphatic heterocycles. The molecule has 1 saturated carbocycles. The van der Waals surface area contributed by atoms with E-state index in [1.165, 1.54) is 0 Å². The topological polar surface area (TPSA) is 93.2 Å². The summed E-state index contributed by atoms with van der Waals surface area (Å²) in [6, 6.07) is -0.164. The average molecular weight is 228 g/mol. The van der Waals surface area contributed by atoms with Gasteiger partial charge in [-0.15, -0.1) is 0 Å². The number of urea groups is 1. The number of hydrazine groups is 1. The van der Waals surface area contributed by atoms with E-state index in [4.69, 9.17) is 11.6 Å². The van der Waals surface area contributed by atoms with Crippen molar-refractivity contribution in [1.29, 1.82) is 0 Å². The first-order valence-corrected chi connectivity index (χ1v) is 5.77. The minimum absolute atomic E-state index is 0.105. The highest BCUT2D eigenvalue weighted by atomic mass is 16.2. The third-order valence-corrected chi connectivity index (χ3v) is 3.40. The fraction of sp³-hybridized carbons (Fsp3) is 0.909. The average Bonchev–Trinajstić information content (AvgIpc) is 2.14. The highest BCUT2D eigenvalue weighted by Gasteiger charge is 2.40. The summed E-state index contributed by atoms with van der Waals surface area (Å²) in [4.78, 5) is 11.2. The van der Waals surface area contributed by atoms with Crippen molar-refractivity contribution in [2.24, 2.45) is 22.4 Å². The molecule has 5 nitrogen and oxygen atoms in total. The molecule has 1 aliphatic rings. The Labute approximate surface area is 97.3 Å². The summed E-state index contributed by atoms with van der Waals surface area (Å²) in [6.07, 6.45) is 2.98. The summed E-state index contributed by atoms with van der Waals surface area (Å²) in [5.74, 6) is 5.07. The van der Waals surface area contributed by atoms with Crippen molar-refractivity contribution >= 4 is 6.03 Å². The molecule has 0 aromatic heterocycles. The monoisotopic (exact) mass is 228 g/mol. The van der Waals surface area contributed by atoms with Gasteiger partial charge < -0.3 is 11.1 Å². The molecule has 2 unspecified atom stereocenters. The molecule has 0 saturated heterocycles. The minimum Gasteiger partial charge on any atom is -0.334 e. The van der Waals surface area contributed by atoms with E-state index >= 15 is 0 Å². The van der Waals surface area contributed by atoms with Gasteiger partial charge in [0.05, 0.1) is 0 Å².